The van der Waals surface area contributed by atoms with Gasteiger partial charge < -0.3 is 19.1 Å². The number of morpholine rings is 1. The van der Waals surface area contributed by atoms with Crippen molar-refractivity contribution in [3.63, 3.8) is 0 Å². The smallest absolute Gasteiger partial charge is 0.246 e. The fourth-order valence-corrected chi connectivity index (χ4v) is 4.99. The van der Waals surface area contributed by atoms with Crippen LogP contribution in [0.4, 0.5) is 0 Å². The van der Waals surface area contributed by atoms with E-state index in [0.29, 0.717) is 32.9 Å². The van der Waals surface area contributed by atoms with E-state index in [1.54, 1.807) is 13.2 Å². The van der Waals surface area contributed by atoms with Crippen LogP contribution in [-0.2, 0) is 14.3 Å². The molecule has 1 fully saturated rings. The Kier molecular flexibility index (Phi) is 8.86. The van der Waals surface area contributed by atoms with Gasteiger partial charge in [-0.25, -0.2) is 0 Å². The first kappa shape index (κ1) is 26.2. The van der Waals surface area contributed by atoms with E-state index in [9.17, 15) is 4.79 Å². The molecular weight excluding hydrogens is 476 g/mol. The third-order valence-electron chi connectivity index (χ3n) is 7.28. The van der Waals surface area contributed by atoms with Crippen LogP contribution < -0.4 is 4.74 Å². The molecule has 5 rings (SSSR count). The first-order chi connectivity index (χ1) is 18.7. The summed E-state index contributed by atoms with van der Waals surface area (Å²) in [5.74, 6) is 0.747. The van der Waals surface area contributed by atoms with Crippen molar-refractivity contribution < 1.29 is 19.0 Å². The predicted molar refractivity (Wildman–Crippen MR) is 152 cm³/mol. The minimum Gasteiger partial charge on any atom is -0.490 e. The van der Waals surface area contributed by atoms with Crippen LogP contribution in [0, 0.1) is 0 Å². The van der Waals surface area contributed by atoms with Crippen molar-refractivity contribution in [2.24, 2.45) is 0 Å². The third kappa shape index (κ3) is 6.70. The number of hydrogen-bond acceptors (Lipinski definition) is 5. The molecule has 0 saturated carbocycles. The second kappa shape index (κ2) is 12.9. The minimum atomic E-state index is -0.0577. The van der Waals surface area contributed by atoms with E-state index >= 15 is 0 Å². The molecule has 6 heteroatoms. The zero-order valence-corrected chi connectivity index (χ0v) is 22.1. The van der Waals surface area contributed by atoms with Gasteiger partial charge in [0.2, 0.25) is 5.91 Å². The third-order valence-corrected chi connectivity index (χ3v) is 7.28. The molecule has 3 aromatic rings. The Morgan fingerprint density at radius 3 is 2.58 bits per heavy atom. The average molecular weight is 513 g/mol. The topological polar surface area (TPSA) is 51.2 Å². The minimum absolute atomic E-state index is 0.000849. The summed E-state index contributed by atoms with van der Waals surface area (Å²) in [4.78, 5) is 16.7. The number of hydrogen-bond donors (Lipinski definition) is 0. The SMILES string of the molecule is COC(COc1ccccc1C=CC(=O)N1CCOCC1)CN1CC=C(c2ccc3ccccc3c2)CC1. The van der Waals surface area contributed by atoms with Gasteiger partial charge in [0, 0.05) is 51.5 Å². The van der Waals surface area contributed by atoms with Crippen LogP contribution in [0.2, 0.25) is 0 Å². The molecule has 1 amide bonds. The predicted octanol–water partition coefficient (Wildman–Crippen LogP) is 4.89. The van der Waals surface area contributed by atoms with Gasteiger partial charge in [-0.15, -0.1) is 0 Å². The highest BCUT2D eigenvalue weighted by molar-refractivity contribution is 5.92. The second-order valence-corrected chi connectivity index (χ2v) is 9.78. The van der Waals surface area contributed by atoms with E-state index in [4.69, 9.17) is 14.2 Å². The van der Waals surface area contributed by atoms with Crippen molar-refractivity contribution in [3.8, 4) is 5.75 Å². The molecule has 0 spiro atoms. The quantitative estimate of drug-likeness (QED) is 0.382. The van der Waals surface area contributed by atoms with Gasteiger partial charge in [0.1, 0.15) is 18.5 Å². The van der Waals surface area contributed by atoms with Crippen LogP contribution in [0.25, 0.3) is 22.4 Å². The molecule has 6 nitrogen and oxygen atoms in total. The van der Waals surface area contributed by atoms with Crippen molar-refractivity contribution in [1.82, 2.24) is 9.80 Å². The molecule has 2 heterocycles. The molecular formula is C32H36N2O4. The number of benzene rings is 3. The van der Waals surface area contributed by atoms with E-state index in [2.05, 4.69) is 53.4 Å². The van der Waals surface area contributed by atoms with E-state index in [1.165, 1.54) is 21.9 Å². The van der Waals surface area contributed by atoms with Crippen molar-refractivity contribution in [2.45, 2.75) is 12.5 Å². The van der Waals surface area contributed by atoms with Gasteiger partial charge in [-0.2, -0.15) is 0 Å². The number of fused-ring (bicyclic) bond motifs is 1. The zero-order valence-electron chi connectivity index (χ0n) is 22.1. The number of methoxy groups -OCH3 is 1. The van der Waals surface area contributed by atoms with Crippen LogP contribution in [0.15, 0.2) is 78.9 Å². The van der Waals surface area contributed by atoms with Crippen molar-refractivity contribution in [1.29, 1.82) is 0 Å². The molecule has 2 aliphatic heterocycles. The summed E-state index contributed by atoms with van der Waals surface area (Å²) in [5, 5.41) is 2.56. The summed E-state index contributed by atoms with van der Waals surface area (Å²) in [5.41, 5.74) is 3.60. The molecule has 3 aromatic carbocycles. The Labute approximate surface area is 225 Å². The molecule has 0 aromatic heterocycles. The average Bonchev–Trinajstić information content (AvgIpc) is 2.99. The highest BCUT2D eigenvalue weighted by Gasteiger charge is 2.19. The van der Waals surface area contributed by atoms with E-state index in [0.717, 1.165) is 37.4 Å². The van der Waals surface area contributed by atoms with Gasteiger partial charge in [0.05, 0.1) is 13.2 Å². The summed E-state index contributed by atoms with van der Waals surface area (Å²) in [7, 11) is 1.74. The largest absolute Gasteiger partial charge is 0.490 e. The number of carbonyl (C=O) groups is 1. The van der Waals surface area contributed by atoms with Crippen molar-refractivity contribution in [3.05, 3.63) is 90.0 Å². The van der Waals surface area contributed by atoms with Crippen LogP contribution in [0.5, 0.6) is 5.75 Å². The fraction of sp³-hybridized carbons (Fsp3) is 0.344. The van der Waals surface area contributed by atoms with E-state index < -0.39 is 0 Å². The van der Waals surface area contributed by atoms with Gasteiger partial charge in [-0.05, 0) is 46.5 Å². The van der Waals surface area contributed by atoms with Gasteiger partial charge in [0.25, 0.3) is 0 Å². The lowest BCUT2D eigenvalue weighted by molar-refractivity contribution is -0.129. The number of amides is 1. The normalized spacial score (nSPS) is 17.5. The number of para-hydroxylation sites is 1. The summed E-state index contributed by atoms with van der Waals surface area (Å²) in [6.07, 6.45) is 6.75. The van der Waals surface area contributed by atoms with E-state index in [1.807, 2.05) is 35.2 Å². The first-order valence-corrected chi connectivity index (χ1v) is 13.4. The van der Waals surface area contributed by atoms with E-state index in [-0.39, 0.29) is 12.0 Å². The van der Waals surface area contributed by atoms with Crippen molar-refractivity contribution >= 4 is 28.3 Å². The molecule has 1 unspecified atom stereocenters. The summed E-state index contributed by atoms with van der Waals surface area (Å²) < 4.78 is 17.3. The fourth-order valence-electron chi connectivity index (χ4n) is 4.99. The Morgan fingerprint density at radius 2 is 1.79 bits per heavy atom. The molecule has 198 valence electrons. The molecule has 1 saturated heterocycles. The molecule has 2 aliphatic rings. The lowest BCUT2D eigenvalue weighted by Crippen LogP contribution is -2.39. The molecule has 38 heavy (non-hydrogen) atoms. The molecule has 0 radical (unpaired) electrons. The summed E-state index contributed by atoms with van der Waals surface area (Å²) in [6.45, 7) is 5.57. The summed E-state index contributed by atoms with van der Waals surface area (Å²) in [6, 6.07) is 23.0. The highest BCUT2D eigenvalue weighted by Crippen LogP contribution is 2.26. The number of carbonyl (C=O) groups excluding carboxylic acids is 1. The first-order valence-electron chi connectivity index (χ1n) is 13.4. The number of ether oxygens (including phenoxy) is 3. The Morgan fingerprint density at radius 1 is 1.00 bits per heavy atom. The molecule has 1 atom stereocenters. The lowest BCUT2D eigenvalue weighted by atomic mass is 9.97. The monoisotopic (exact) mass is 512 g/mol. The lowest BCUT2D eigenvalue weighted by Gasteiger charge is -2.29. The molecule has 0 bridgehead atoms. The summed E-state index contributed by atoms with van der Waals surface area (Å²) >= 11 is 0. The number of nitrogens with zero attached hydrogens (tertiary/aromatic N) is 2. The van der Waals surface area contributed by atoms with Crippen LogP contribution in [-0.4, -0.2) is 81.5 Å². The van der Waals surface area contributed by atoms with Gasteiger partial charge in [-0.1, -0.05) is 60.7 Å². The maximum atomic E-state index is 12.5. The Hall–Kier alpha value is -3.45. The molecule has 0 aliphatic carbocycles. The Bertz CT molecular complexity index is 1300. The second-order valence-electron chi connectivity index (χ2n) is 9.78. The van der Waals surface area contributed by atoms with Crippen LogP contribution >= 0.6 is 0 Å². The van der Waals surface area contributed by atoms with Crippen LogP contribution in [0.1, 0.15) is 17.5 Å². The Balaban J connectivity index is 1.15. The zero-order chi connectivity index (χ0) is 26.2. The maximum absolute atomic E-state index is 12.5. The van der Waals surface area contributed by atoms with Gasteiger partial charge in [-0.3, -0.25) is 9.69 Å². The van der Waals surface area contributed by atoms with Crippen molar-refractivity contribution in [2.75, 3.05) is 59.7 Å². The standard InChI is InChI=1S/C32H36N2O4/c1-36-30(23-33-16-14-26(15-17-33)29-11-10-25-6-2-3-8-28(25)22-29)24-38-31-9-5-4-7-27(31)12-13-32(35)34-18-20-37-21-19-34/h2-14,22,30H,15-21,23-24H2,1H3. The highest BCUT2D eigenvalue weighted by atomic mass is 16.5. The maximum Gasteiger partial charge on any atom is 0.246 e. The molecule has 0 N–H and O–H groups in total. The number of rotatable bonds is 9. The van der Waals surface area contributed by atoms with Gasteiger partial charge >= 0.3 is 0 Å². The van der Waals surface area contributed by atoms with Crippen LogP contribution in [0.3, 0.4) is 0 Å². The van der Waals surface area contributed by atoms with Gasteiger partial charge in [0.15, 0.2) is 0 Å².